The third-order valence-corrected chi connectivity index (χ3v) is 4.13. The minimum absolute atomic E-state index is 0.0781. The van der Waals surface area contributed by atoms with Crippen LogP contribution >= 0.6 is 15.9 Å². The summed E-state index contributed by atoms with van der Waals surface area (Å²) in [4.78, 5) is 10.4. The lowest BCUT2D eigenvalue weighted by molar-refractivity contribution is -0.211. The lowest BCUT2D eigenvalue weighted by Gasteiger charge is -2.30. The summed E-state index contributed by atoms with van der Waals surface area (Å²) >= 11 is 3.24. The predicted molar refractivity (Wildman–Crippen MR) is 69.0 cm³/mol. The molecule has 0 aromatic heterocycles. The van der Waals surface area contributed by atoms with Gasteiger partial charge in [-0.1, -0.05) is 27.6 Å². The van der Waals surface area contributed by atoms with Crippen LogP contribution in [0, 0.1) is 0 Å². The molecule has 0 saturated heterocycles. The maximum Gasteiger partial charge on any atom is 0.490 e. The summed E-state index contributed by atoms with van der Waals surface area (Å²) in [7, 11) is 0. The standard InChI is InChI=1S/C12H18BrF3O3/c1-8(6-7-17)4-5-9(13)11(2,3)19-10(18)12(14,15)16/h6,9,17H,4-5,7H2,1-3H3/b8-6+. The third-order valence-electron chi connectivity index (χ3n) is 2.57. The van der Waals surface area contributed by atoms with Gasteiger partial charge in [0.2, 0.25) is 0 Å². The fourth-order valence-electron chi connectivity index (χ4n) is 1.32. The van der Waals surface area contributed by atoms with E-state index in [1.807, 2.05) is 6.92 Å². The van der Waals surface area contributed by atoms with Gasteiger partial charge in [0.05, 0.1) is 11.4 Å². The van der Waals surface area contributed by atoms with Crippen LogP contribution in [-0.2, 0) is 9.53 Å². The smallest absolute Gasteiger partial charge is 0.452 e. The second kappa shape index (κ2) is 7.28. The highest BCUT2D eigenvalue weighted by Crippen LogP contribution is 2.30. The monoisotopic (exact) mass is 346 g/mol. The van der Waals surface area contributed by atoms with Crippen molar-refractivity contribution in [3.8, 4) is 0 Å². The van der Waals surface area contributed by atoms with Gasteiger partial charge in [-0.15, -0.1) is 0 Å². The molecule has 19 heavy (non-hydrogen) atoms. The van der Waals surface area contributed by atoms with Gasteiger partial charge in [0.15, 0.2) is 0 Å². The Morgan fingerprint density at radius 1 is 1.42 bits per heavy atom. The van der Waals surface area contributed by atoms with Crippen LogP contribution < -0.4 is 0 Å². The number of carbonyl (C=O) groups excluding carboxylic acids is 1. The van der Waals surface area contributed by atoms with Gasteiger partial charge < -0.3 is 9.84 Å². The summed E-state index contributed by atoms with van der Waals surface area (Å²) in [6.07, 6.45) is -2.30. The highest BCUT2D eigenvalue weighted by molar-refractivity contribution is 9.09. The number of alkyl halides is 4. The fourth-order valence-corrected chi connectivity index (χ4v) is 1.64. The number of carbonyl (C=O) groups is 1. The summed E-state index contributed by atoms with van der Waals surface area (Å²) in [5.41, 5.74) is -0.351. The quantitative estimate of drug-likeness (QED) is 0.455. The van der Waals surface area contributed by atoms with Gasteiger partial charge in [-0.2, -0.15) is 13.2 Å². The Balaban J connectivity index is 4.48. The second-order valence-corrected chi connectivity index (χ2v) is 5.84. The van der Waals surface area contributed by atoms with E-state index < -0.39 is 22.6 Å². The van der Waals surface area contributed by atoms with Gasteiger partial charge in [-0.05, 0) is 33.6 Å². The number of hydrogen-bond acceptors (Lipinski definition) is 3. The van der Waals surface area contributed by atoms with Crippen molar-refractivity contribution < 1.29 is 27.8 Å². The van der Waals surface area contributed by atoms with Crippen LogP contribution in [0.2, 0.25) is 0 Å². The zero-order valence-electron chi connectivity index (χ0n) is 11.1. The van der Waals surface area contributed by atoms with Crippen LogP contribution in [0.3, 0.4) is 0 Å². The predicted octanol–water partition coefficient (Wildman–Crippen LogP) is 3.35. The molecule has 0 aromatic rings. The number of aliphatic hydroxyl groups excluding tert-OH is 1. The highest BCUT2D eigenvalue weighted by Gasteiger charge is 2.45. The topological polar surface area (TPSA) is 46.5 Å². The molecule has 0 aromatic carbocycles. The van der Waals surface area contributed by atoms with E-state index in [0.29, 0.717) is 12.8 Å². The first kappa shape index (κ1) is 18.4. The molecule has 7 heteroatoms. The molecule has 0 bridgehead atoms. The maximum atomic E-state index is 12.1. The fraction of sp³-hybridized carbons (Fsp3) is 0.750. The Morgan fingerprint density at radius 3 is 2.37 bits per heavy atom. The second-order valence-electron chi connectivity index (χ2n) is 4.73. The highest BCUT2D eigenvalue weighted by atomic mass is 79.9. The number of ether oxygens (including phenoxy) is 1. The summed E-state index contributed by atoms with van der Waals surface area (Å²) in [5, 5.41) is 8.69. The van der Waals surface area contributed by atoms with E-state index in [-0.39, 0.29) is 6.61 Å². The Labute approximate surface area is 118 Å². The Hall–Kier alpha value is -0.560. The van der Waals surface area contributed by atoms with Crippen molar-refractivity contribution in [2.75, 3.05) is 6.61 Å². The van der Waals surface area contributed by atoms with E-state index in [9.17, 15) is 18.0 Å². The lowest BCUT2D eigenvalue weighted by atomic mass is 9.98. The number of esters is 1. The molecule has 0 saturated carbocycles. The van der Waals surface area contributed by atoms with E-state index >= 15 is 0 Å². The molecule has 0 aliphatic heterocycles. The number of aliphatic hydroxyl groups is 1. The van der Waals surface area contributed by atoms with Gasteiger partial charge in [-0.25, -0.2) is 4.79 Å². The van der Waals surface area contributed by atoms with Gasteiger partial charge in [0.25, 0.3) is 0 Å². The molecule has 0 radical (unpaired) electrons. The van der Waals surface area contributed by atoms with E-state index in [0.717, 1.165) is 5.57 Å². The molecule has 0 aliphatic rings. The van der Waals surface area contributed by atoms with Crippen molar-refractivity contribution in [3.63, 3.8) is 0 Å². The average Bonchev–Trinajstić information content (AvgIpc) is 2.24. The third kappa shape index (κ3) is 6.96. The minimum Gasteiger partial charge on any atom is -0.452 e. The SMILES string of the molecule is C/C(=C\CO)CCC(Br)C(C)(C)OC(=O)C(F)(F)F. The largest absolute Gasteiger partial charge is 0.490 e. The van der Waals surface area contributed by atoms with Gasteiger partial charge in [-0.3, -0.25) is 0 Å². The zero-order chi connectivity index (χ0) is 15.3. The Morgan fingerprint density at radius 2 is 1.95 bits per heavy atom. The van der Waals surface area contributed by atoms with Crippen molar-refractivity contribution in [3.05, 3.63) is 11.6 Å². The molecular formula is C12H18BrF3O3. The molecule has 0 aliphatic carbocycles. The van der Waals surface area contributed by atoms with Crippen LogP contribution in [0.4, 0.5) is 13.2 Å². The molecule has 1 N–H and O–H groups in total. The first-order chi connectivity index (χ1) is 8.50. The number of hydrogen-bond donors (Lipinski definition) is 1. The van der Waals surface area contributed by atoms with Crippen molar-refractivity contribution >= 4 is 21.9 Å². The maximum absolute atomic E-state index is 12.1. The number of halogens is 4. The van der Waals surface area contributed by atoms with Gasteiger partial charge >= 0.3 is 12.1 Å². The number of allylic oxidation sites excluding steroid dienone is 1. The Kier molecular flexibility index (Phi) is 7.07. The summed E-state index contributed by atoms with van der Waals surface area (Å²) in [5.74, 6) is -2.19. The van der Waals surface area contributed by atoms with Crippen LogP contribution in [-0.4, -0.2) is 34.3 Å². The van der Waals surface area contributed by atoms with E-state index in [1.54, 1.807) is 6.08 Å². The van der Waals surface area contributed by atoms with Crippen LogP contribution in [0.25, 0.3) is 0 Å². The lowest BCUT2D eigenvalue weighted by Crippen LogP contribution is -2.41. The van der Waals surface area contributed by atoms with Crippen molar-refractivity contribution in [2.45, 2.75) is 50.2 Å². The first-order valence-electron chi connectivity index (χ1n) is 5.71. The normalized spacial score (nSPS) is 15.3. The molecule has 0 amide bonds. The van der Waals surface area contributed by atoms with Crippen LogP contribution in [0.15, 0.2) is 11.6 Å². The molecule has 0 heterocycles. The summed E-state index contributed by atoms with van der Waals surface area (Å²) < 4.78 is 40.9. The molecule has 112 valence electrons. The summed E-state index contributed by atoms with van der Waals surface area (Å²) in [6.45, 7) is 4.57. The van der Waals surface area contributed by atoms with Crippen molar-refractivity contribution in [1.82, 2.24) is 0 Å². The number of rotatable bonds is 6. The van der Waals surface area contributed by atoms with Crippen molar-refractivity contribution in [1.29, 1.82) is 0 Å². The van der Waals surface area contributed by atoms with Crippen LogP contribution in [0.5, 0.6) is 0 Å². The Bertz CT molecular complexity index is 338. The van der Waals surface area contributed by atoms with Gasteiger partial charge in [0, 0.05) is 0 Å². The van der Waals surface area contributed by atoms with Crippen LogP contribution in [0.1, 0.15) is 33.6 Å². The molecule has 1 atom stereocenters. The molecule has 0 spiro atoms. The van der Waals surface area contributed by atoms with E-state index in [1.165, 1.54) is 13.8 Å². The van der Waals surface area contributed by atoms with E-state index in [4.69, 9.17) is 5.11 Å². The minimum atomic E-state index is -4.99. The zero-order valence-corrected chi connectivity index (χ0v) is 12.6. The first-order valence-corrected chi connectivity index (χ1v) is 6.63. The molecule has 3 nitrogen and oxygen atoms in total. The average molecular weight is 347 g/mol. The molecular weight excluding hydrogens is 329 g/mol. The molecule has 0 fully saturated rings. The van der Waals surface area contributed by atoms with E-state index in [2.05, 4.69) is 20.7 Å². The summed E-state index contributed by atoms with van der Waals surface area (Å²) in [6, 6.07) is 0. The van der Waals surface area contributed by atoms with Gasteiger partial charge in [0.1, 0.15) is 5.60 Å². The molecule has 0 rings (SSSR count). The van der Waals surface area contributed by atoms with Crippen molar-refractivity contribution in [2.24, 2.45) is 0 Å². The molecule has 1 unspecified atom stereocenters.